The molecule has 6 nitrogen and oxygen atoms in total. The van der Waals surface area contributed by atoms with Gasteiger partial charge in [0.25, 0.3) is 5.91 Å². The SMILES string of the molecule is CCOc1ccc(Cc2cc3cc(N(C)C(=O)c4ccccc4)cnc3n2CC2CCCCC2)nc1. The maximum Gasteiger partial charge on any atom is 0.258 e. The molecule has 0 aliphatic heterocycles. The second-order valence-electron chi connectivity index (χ2n) is 9.68. The Bertz CT molecular complexity index is 1310. The molecule has 1 saturated carbocycles. The highest BCUT2D eigenvalue weighted by Crippen LogP contribution is 2.30. The summed E-state index contributed by atoms with van der Waals surface area (Å²) in [5, 5.41) is 1.05. The van der Waals surface area contributed by atoms with Gasteiger partial charge in [-0.3, -0.25) is 9.78 Å². The number of rotatable bonds is 8. The van der Waals surface area contributed by atoms with Crippen molar-refractivity contribution in [2.45, 2.75) is 52.0 Å². The lowest BCUT2D eigenvalue weighted by molar-refractivity contribution is 0.0993. The fourth-order valence-electron chi connectivity index (χ4n) is 5.19. The zero-order valence-corrected chi connectivity index (χ0v) is 21.2. The summed E-state index contributed by atoms with van der Waals surface area (Å²) >= 11 is 0. The number of hydrogen-bond acceptors (Lipinski definition) is 4. The Hall–Kier alpha value is -3.67. The molecular weight excluding hydrogens is 448 g/mol. The smallest absolute Gasteiger partial charge is 0.258 e. The minimum absolute atomic E-state index is 0.0443. The van der Waals surface area contributed by atoms with E-state index in [9.17, 15) is 4.79 Å². The van der Waals surface area contributed by atoms with E-state index in [0.717, 1.165) is 41.1 Å². The second-order valence-corrected chi connectivity index (χ2v) is 9.68. The van der Waals surface area contributed by atoms with Crippen LogP contribution in [0.1, 0.15) is 60.8 Å². The van der Waals surface area contributed by atoms with Crippen molar-refractivity contribution >= 4 is 22.6 Å². The lowest BCUT2D eigenvalue weighted by Gasteiger charge is -2.23. The molecule has 0 radical (unpaired) electrons. The van der Waals surface area contributed by atoms with E-state index in [4.69, 9.17) is 9.72 Å². The molecule has 1 aromatic carbocycles. The first-order valence-corrected chi connectivity index (χ1v) is 13.0. The van der Waals surface area contributed by atoms with Gasteiger partial charge in [-0.2, -0.15) is 0 Å². The second kappa shape index (κ2) is 10.9. The molecule has 4 aromatic rings. The van der Waals surface area contributed by atoms with Crippen molar-refractivity contribution in [2.75, 3.05) is 18.6 Å². The number of pyridine rings is 2. The molecule has 0 unspecified atom stereocenters. The number of fused-ring (bicyclic) bond motifs is 1. The van der Waals surface area contributed by atoms with Crippen LogP contribution in [0.4, 0.5) is 5.69 Å². The zero-order chi connectivity index (χ0) is 24.9. The number of nitrogens with zero attached hydrogens (tertiary/aromatic N) is 4. The third-order valence-electron chi connectivity index (χ3n) is 7.15. The van der Waals surface area contributed by atoms with E-state index in [2.05, 4.69) is 21.7 Å². The van der Waals surface area contributed by atoms with Gasteiger partial charge in [-0.05, 0) is 62.1 Å². The van der Waals surface area contributed by atoms with Gasteiger partial charge in [0.05, 0.1) is 24.7 Å². The van der Waals surface area contributed by atoms with Crippen molar-refractivity contribution in [1.29, 1.82) is 0 Å². The van der Waals surface area contributed by atoms with Crippen LogP contribution in [0.15, 0.2) is 67.0 Å². The number of benzene rings is 1. The summed E-state index contributed by atoms with van der Waals surface area (Å²) in [6.45, 7) is 3.58. The average Bonchev–Trinajstić information content (AvgIpc) is 3.26. The maximum absolute atomic E-state index is 13.0. The number of carbonyl (C=O) groups excluding carboxylic acids is 1. The summed E-state index contributed by atoms with van der Waals surface area (Å²) in [4.78, 5) is 24.2. The highest BCUT2D eigenvalue weighted by molar-refractivity contribution is 6.06. The van der Waals surface area contributed by atoms with Crippen LogP contribution in [0.25, 0.3) is 11.0 Å². The molecule has 3 heterocycles. The highest BCUT2D eigenvalue weighted by atomic mass is 16.5. The van der Waals surface area contributed by atoms with Crippen molar-refractivity contribution in [2.24, 2.45) is 5.92 Å². The average molecular weight is 483 g/mol. The Morgan fingerprint density at radius 2 is 1.83 bits per heavy atom. The van der Waals surface area contributed by atoms with Crippen molar-refractivity contribution in [3.05, 3.63) is 83.9 Å². The lowest BCUT2D eigenvalue weighted by Crippen LogP contribution is -2.26. The molecule has 0 saturated heterocycles. The fraction of sp³-hybridized carbons (Fsp3) is 0.367. The van der Waals surface area contributed by atoms with E-state index in [1.807, 2.05) is 62.6 Å². The van der Waals surface area contributed by atoms with E-state index in [-0.39, 0.29) is 5.91 Å². The standard InChI is InChI=1S/C30H34N4O2/c1-3-36-28-15-14-25(31-20-28)18-26-16-24-17-27(33(2)30(35)23-12-8-5-9-13-23)19-32-29(24)34(26)21-22-10-6-4-7-11-22/h5,8-9,12-17,19-20,22H,3-4,6-7,10-11,18,21H2,1-2H3. The Kier molecular flexibility index (Phi) is 7.31. The van der Waals surface area contributed by atoms with Crippen LogP contribution in [0.2, 0.25) is 0 Å². The van der Waals surface area contributed by atoms with Crippen LogP contribution in [0.5, 0.6) is 5.75 Å². The van der Waals surface area contributed by atoms with Gasteiger partial charge < -0.3 is 14.2 Å². The number of amides is 1. The van der Waals surface area contributed by atoms with E-state index in [0.29, 0.717) is 18.1 Å². The molecule has 6 heteroatoms. The molecule has 1 fully saturated rings. The quantitative estimate of drug-likeness (QED) is 0.297. The molecule has 0 spiro atoms. The predicted octanol–water partition coefficient (Wildman–Crippen LogP) is 6.28. The van der Waals surface area contributed by atoms with Gasteiger partial charge in [-0.1, -0.05) is 37.5 Å². The van der Waals surface area contributed by atoms with Crippen LogP contribution in [-0.2, 0) is 13.0 Å². The minimum Gasteiger partial charge on any atom is -0.492 e. The van der Waals surface area contributed by atoms with Crippen LogP contribution >= 0.6 is 0 Å². The van der Waals surface area contributed by atoms with Gasteiger partial charge in [0.2, 0.25) is 0 Å². The van der Waals surface area contributed by atoms with E-state index in [1.54, 1.807) is 11.1 Å². The van der Waals surface area contributed by atoms with Gasteiger partial charge in [-0.25, -0.2) is 4.98 Å². The molecule has 1 aliphatic carbocycles. The molecule has 0 atom stereocenters. The van der Waals surface area contributed by atoms with Crippen LogP contribution in [0, 0.1) is 5.92 Å². The third-order valence-corrected chi connectivity index (χ3v) is 7.15. The molecule has 1 amide bonds. The Balaban J connectivity index is 1.47. The first kappa shape index (κ1) is 24.0. The van der Waals surface area contributed by atoms with Crippen molar-refractivity contribution < 1.29 is 9.53 Å². The summed E-state index contributed by atoms with van der Waals surface area (Å²) < 4.78 is 7.94. The van der Waals surface area contributed by atoms with Gasteiger partial charge in [0.15, 0.2) is 0 Å². The summed E-state index contributed by atoms with van der Waals surface area (Å²) in [5.41, 5.74) is 4.64. The number of anilines is 1. The van der Waals surface area contributed by atoms with Crippen LogP contribution in [0.3, 0.4) is 0 Å². The molecule has 186 valence electrons. The molecule has 3 aromatic heterocycles. The normalized spacial score (nSPS) is 14.2. The summed E-state index contributed by atoms with van der Waals surface area (Å²) in [7, 11) is 1.81. The zero-order valence-electron chi connectivity index (χ0n) is 21.2. The van der Waals surface area contributed by atoms with E-state index < -0.39 is 0 Å². The molecule has 0 bridgehead atoms. The maximum atomic E-state index is 13.0. The summed E-state index contributed by atoms with van der Waals surface area (Å²) in [5.74, 6) is 1.42. The summed E-state index contributed by atoms with van der Waals surface area (Å²) in [6.07, 6.45) is 10.8. The third kappa shape index (κ3) is 5.27. The molecular formula is C30H34N4O2. The number of aromatic nitrogens is 3. The molecule has 36 heavy (non-hydrogen) atoms. The fourth-order valence-corrected chi connectivity index (χ4v) is 5.19. The van der Waals surface area contributed by atoms with Crippen molar-refractivity contribution in [3.8, 4) is 5.75 Å². The van der Waals surface area contributed by atoms with Crippen molar-refractivity contribution in [3.63, 3.8) is 0 Å². The Morgan fingerprint density at radius 3 is 2.56 bits per heavy atom. The topological polar surface area (TPSA) is 60.2 Å². The molecule has 5 rings (SSSR count). The van der Waals surface area contributed by atoms with Gasteiger partial charge in [-0.15, -0.1) is 0 Å². The van der Waals surface area contributed by atoms with Crippen LogP contribution < -0.4 is 9.64 Å². The predicted molar refractivity (Wildman–Crippen MR) is 144 cm³/mol. The van der Waals surface area contributed by atoms with Gasteiger partial charge >= 0.3 is 0 Å². The first-order valence-electron chi connectivity index (χ1n) is 13.0. The van der Waals surface area contributed by atoms with Gasteiger partial charge in [0, 0.05) is 42.4 Å². The number of carbonyl (C=O) groups is 1. The highest BCUT2D eigenvalue weighted by Gasteiger charge is 2.20. The lowest BCUT2D eigenvalue weighted by atomic mass is 9.89. The number of hydrogen-bond donors (Lipinski definition) is 0. The number of ether oxygens (including phenoxy) is 1. The monoisotopic (exact) mass is 482 g/mol. The minimum atomic E-state index is -0.0443. The Morgan fingerprint density at radius 1 is 1.03 bits per heavy atom. The molecule has 0 N–H and O–H groups in total. The van der Waals surface area contributed by atoms with E-state index in [1.165, 1.54) is 37.8 Å². The molecule has 1 aliphatic rings. The Labute approximate surface area is 212 Å². The van der Waals surface area contributed by atoms with Gasteiger partial charge in [0.1, 0.15) is 11.4 Å². The first-order chi connectivity index (χ1) is 17.6. The van der Waals surface area contributed by atoms with E-state index >= 15 is 0 Å². The summed E-state index contributed by atoms with van der Waals surface area (Å²) in [6, 6.07) is 17.7. The van der Waals surface area contributed by atoms with Crippen molar-refractivity contribution in [1.82, 2.24) is 14.5 Å². The van der Waals surface area contributed by atoms with Crippen LogP contribution in [-0.4, -0.2) is 34.1 Å². The largest absolute Gasteiger partial charge is 0.492 e.